The normalized spacial score (nSPS) is 11.2. The largest absolute Gasteiger partial charge is 0.256 e. The lowest BCUT2D eigenvalue weighted by Gasteiger charge is -2.16. The van der Waals surface area contributed by atoms with E-state index < -0.39 is 0 Å². The first kappa shape index (κ1) is 36.5. The SMILES string of the molecule is N#Cc1ccc(-c2ccc(-c3cc4c5ccccc5c(-c5cccc(-c6nc(-c7ccccc7)nc(-c7cccc(-c8ccccc8)c7)n6)c5)cc4c4cccnc34)cc2)cc1. The monoisotopic (exact) mass is 789 g/mol. The molecule has 0 fully saturated rings. The van der Waals surface area contributed by atoms with Gasteiger partial charge in [-0.1, -0.05) is 164 Å². The highest BCUT2D eigenvalue weighted by molar-refractivity contribution is 6.23. The summed E-state index contributed by atoms with van der Waals surface area (Å²) in [6.07, 6.45) is 1.87. The highest BCUT2D eigenvalue weighted by atomic mass is 15.0. The number of nitriles is 1. The topological polar surface area (TPSA) is 75.3 Å². The molecule has 0 spiro atoms. The minimum atomic E-state index is 0.607. The fourth-order valence-electron chi connectivity index (χ4n) is 8.51. The van der Waals surface area contributed by atoms with Gasteiger partial charge in [-0.3, -0.25) is 4.98 Å². The van der Waals surface area contributed by atoms with Gasteiger partial charge in [0.05, 0.1) is 17.1 Å². The predicted octanol–water partition coefficient (Wildman–Crippen LogP) is 14.3. The van der Waals surface area contributed by atoms with Crippen molar-refractivity contribution in [3.63, 3.8) is 0 Å². The third-order valence-electron chi connectivity index (χ3n) is 11.6. The summed E-state index contributed by atoms with van der Waals surface area (Å²) < 4.78 is 0. The van der Waals surface area contributed by atoms with E-state index in [9.17, 15) is 5.26 Å². The maximum atomic E-state index is 9.27. The molecule has 288 valence electrons. The van der Waals surface area contributed by atoms with E-state index >= 15 is 0 Å². The molecule has 0 saturated heterocycles. The van der Waals surface area contributed by atoms with E-state index in [0.29, 0.717) is 23.0 Å². The van der Waals surface area contributed by atoms with Crippen LogP contribution in [0.3, 0.4) is 0 Å². The third-order valence-corrected chi connectivity index (χ3v) is 11.6. The molecule has 0 aliphatic carbocycles. The van der Waals surface area contributed by atoms with Crippen LogP contribution in [0, 0.1) is 11.3 Å². The average molecular weight is 790 g/mol. The van der Waals surface area contributed by atoms with Gasteiger partial charge in [0.1, 0.15) is 0 Å². The van der Waals surface area contributed by atoms with Gasteiger partial charge in [0.15, 0.2) is 17.5 Å². The first-order valence-corrected chi connectivity index (χ1v) is 20.6. The predicted molar refractivity (Wildman–Crippen MR) is 253 cm³/mol. The lowest BCUT2D eigenvalue weighted by Crippen LogP contribution is -2.00. The lowest BCUT2D eigenvalue weighted by molar-refractivity contribution is 1.07. The summed E-state index contributed by atoms with van der Waals surface area (Å²) in [6.45, 7) is 0. The van der Waals surface area contributed by atoms with Crippen LogP contribution < -0.4 is 0 Å². The Kier molecular flexibility index (Phi) is 9.15. The Labute approximate surface area is 359 Å². The van der Waals surface area contributed by atoms with Crippen LogP contribution in [0.2, 0.25) is 0 Å². The van der Waals surface area contributed by atoms with Gasteiger partial charge < -0.3 is 0 Å². The van der Waals surface area contributed by atoms with Crippen LogP contribution in [0.1, 0.15) is 5.56 Å². The minimum Gasteiger partial charge on any atom is -0.256 e. The van der Waals surface area contributed by atoms with Crippen molar-refractivity contribution >= 4 is 32.4 Å². The van der Waals surface area contributed by atoms with Crippen molar-refractivity contribution in [1.29, 1.82) is 5.26 Å². The zero-order valence-electron chi connectivity index (χ0n) is 33.4. The van der Waals surface area contributed by atoms with Gasteiger partial charge in [-0.2, -0.15) is 5.26 Å². The van der Waals surface area contributed by atoms with Gasteiger partial charge in [0.2, 0.25) is 0 Å². The maximum absolute atomic E-state index is 9.27. The molecule has 2 aromatic heterocycles. The zero-order chi connectivity index (χ0) is 41.4. The van der Waals surface area contributed by atoms with E-state index in [1.54, 1.807) is 0 Å². The van der Waals surface area contributed by atoms with E-state index in [2.05, 4.69) is 146 Å². The molecule has 0 saturated carbocycles. The van der Waals surface area contributed by atoms with E-state index in [4.69, 9.17) is 19.9 Å². The summed E-state index contributed by atoms with van der Waals surface area (Å²) in [5, 5.41) is 15.0. The van der Waals surface area contributed by atoms with Gasteiger partial charge >= 0.3 is 0 Å². The number of nitrogens with zero attached hydrogens (tertiary/aromatic N) is 5. The second-order valence-electron chi connectivity index (χ2n) is 15.4. The molecule has 5 nitrogen and oxygen atoms in total. The van der Waals surface area contributed by atoms with Crippen LogP contribution in [-0.2, 0) is 0 Å². The number of pyridine rings is 1. The van der Waals surface area contributed by atoms with Gasteiger partial charge in [-0.05, 0) is 103 Å². The second-order valence-corrected chi connectivity index (χ2v) is 15.4. The van der Waals surface area contributed by atoms with Crippen molar-refractivity contribution in [2.24, 2.45) is 0 Å². The fourth-order valence-corrected chi connectivity index (χ4v) is 8.51. The second kappa shape index (κ2) is 15.5. The molecule has 0 aliphatic rings. The highest BCUT2D eigenvalue weighted by Crippen LogP contribution is 2.42. The number of hydrogen-bond acceptors (Lipinski definition) is 5. The first-order valence-electron chi connectivity index (χ1n) is 20.6. The van der Waals surface area contributed by atoms with Crippen LogP contribution in [-0.4, -0.2) is 19.9 Å². The Bertz CT molecular complexity index is 3500. The standard InChI is InChI=1S/C57H35N5/c58-36-37-23-25-39(26-24-37)40-27-29-41(30-28-40)51-35-52-48-21-8-7-20-47(48)50(34-53(52)49-22-11-31-59-54(49)51)44-17-10-19-46(33-44)57-61-55(42-14-5-2-6-15-42)60-56(62-57)45-18-9-16-43(32-45)38-12-3-1-4-13-38/h1-35H. The molecule has 5 heteroatoms. The summed E-state index contributed by atoms with van der Waals surface area (Å²) >= 11 is 0. The molecule has 11 aromatic rings. The van der Waals surface area contributed by atoms with Gasteiger partial charge in [-0.25, -0.2) is 15.0 Å². The Balaban J connectivity index is 1.04. The lowest BCUT2D eigenvalue weighted by atomic mass is 9.88. The highest BCUT2D eigenvalue weighted by Gasteiger charge is 2.18. The van der Waals surface area contributed by atoms with Crippen LogP contribution >= 0.6 is 0 Å². The van der Waals surface area contributed by atoms with Crippen molar-refractivity contribution in [2.45, 2.75) is 0 Å². The summed E-state index contributed by atoms with van der Waals surface area (Å²) in [5.74, 6) is 1.85. The maximum Gasteiger partial charge on any atom is 0.164 e. The Morgan fingerprint density at radius 1 is 0.306 bits per heavy atom. The van der Waals surface area contributed by atoms with Crippen molar-refractivity contribution in [3.05, 3.63) is 218 Å². The van der Waals surface area contributed by atoms with Crippen molar-refractivity contribution in [2.75, 3.05) is 0 Å². The van der Waals surface area contributed by atoms with Crippen LogP contribution in [0.4, 0.5) is 0 Å². The smallest absolute Gasteiger partial charge is 0.164 e. The zero-order valence-corrected chi connectivity index (χ0v) is 33.4. The molecule has 9 aromatic carbocycles. The Morgan fingerprint density at radius 3 is 1.45 bits per heavy atom. The van der Waals surface area contributed by atoms with Crippen LogP contribution in [0.5, 0.6) is 0 Å². The molecule has 0 unspecified atom stereocenters. The molecule has 0 bridgehead atoms. The van der Waals surface area contributed by atoms with E-state index in [-0.39, 0.29) is 0 Å². The van der Waals surface area contributed by atoms with E-state index in [1.807, 2.05) is 72.9 Å². The molecule has 0 atom stereocenters. The van der Waals surface area contributed by atoms with Gasteiger partial charge in [0, 0.05) is 33.8 Å². The van der Waals surface area contributed by atoms with Crippen molar-refractivity contribution < 1.29 is 0 Å². The third kappa shape index (κ3) is 6.72. The van der Waals surface area contributed by atoms with E-state index in [0.717, 1.165) is 82.9 Å². The molecule has 2 heterocycles. The molecular formula is C57H35N5. The number of rotatable bonds is 7. The molecular weight excluding hydrogens is 755 g/mol. The Hall–Kier alpha value is -8.59. The summed E-state index contributed by atoms with van der Waals surface area (Å²) in [5.41, 5.74) is 13.1. The van der Waals surface area contributed by atoms with Crippen molar-refractivity contribution in [3.8, 4) is 84.7 Å². The molecule has 0 aliphatic heterocycles. The average Bonchev–Trinajstić information content (AvgIpc) is 3.36. The number of fused-ring (bicyclic) bond motifs is 5. The van der Waals surface area contributed by atoms with E-state index in [1.165, 1.54) is 10.8 Å². The number of hydrogen-bond donors (Lipinski definition) is 0. The first-order chi connectivity index (χ1) is 30.7. The van der Waals surface area contributed by atoms with Crippen LogP contribution in [0.15, 0.2) is 212 Å². The van der Waals surface area contributed by atoms with Crippen LogP contribution in [0.25, 0.3) is 111 Å². The fraction of sp³-hybridized carbons (Fsp3) is 0. The number of aromatic nitrogens is 4. The Morgan fingerprint density at radius 2 is 0.774 bits per heavy atom. The summed E-state index contributed by atoms with van der Waals surface area (Å²) in [7, 11) is 0. The van der Waals surface area contributed by atoms with Crippen molar-refractivity contribution in [1.82, 2.24) is 19.9 Å². The molecule has 0 N–H and O–H groups in total. The molecule has 62 heavy (non-hydrogen) atoms. The summed E-state index contributed by atoms with van der Waals surface area (Å²) in [4.78, 5) is 20.3. The molecule has 0 radical (unpaired) electrons. The molecule has 0 amide bonds. The minimum absolute atomic E-state index is 0.607. The summed E-state index contributed by atoms with van der Waals surface area (Å²) in [6, 6.07) is 73.4. The molecule has 11 rings (SSSR count). The van der Waals surface area contributed by atoms with Gasteiger partial charge in [0.25, 0.3) is 0 Å². The quantitative estimate of drug-likeness (QED) is 0.150. The number of benzene rings is 9. The van der Waals surface area contributed by atoms with Gasteiger partial charge in [-0.15, -0.1) is 0 Å².